The molecular weight excluding hydrogens is 420 g/mol. The molecule has 1 aromatic heterocycles. The summed E-state index contributed by atoms with van der Waals surface area (Å²) in [7, 11) is 0. The standard InChI is InChI=1S/C18H22FN3O.HI/c1-3-9-20-18(21-10-8-16-5-4-11-23-16)22-13-15-7-6-14(2)17(19)12-15;/h3-7,11-12H,1,8-10,13H2,2H3,(H2,20,21,22);1H. The number of furan rings is 1. The number of guanidine groups is 1. The zero-order valence-electron chi connectivity index (χ0n) is 13.7. The summed E-state index contributed by atoms with van der Waals surface area (Å²) in [5.41, 5.74) is 1.47. The molecule has 0 aliphatic rings. The van der Waals surface area contributed by atoms with E-state index in [2.05, 4.69) is 22.2 Å². The van der Waals surface area contributed by atoms with Crippen LogP contribution in [0.5, 0.6) is 0 Å². The Kier molecular flexibility index (Phi) is 9.14. The van der Waals surface area contributed by atoms with Gasteiger partial charge in [-0.05, 0) is 36.2 Å². The molecule has 2 aromatic rings. The Balaban J connectivity index is 0.00000288. The van der Waals surface area contributed by atoms with Crippen LogP contribution < -0.4 is 10.6 Å². The highest BCUT2D eigenvalue weighted by molar-refractivity contribution is 14.0. The average Bonchev–Trinajstić information content (AvgIpc) is 3.06. The number of hydrogen-bond acceptors (Lipinski definition) is 2. The third-order valence-electron chi connectivity index (χ3n) is 3.31. The van der Waals surface area contributed by atoms with Crippen LogP contribution in [-0.4, -0.2) is 19.0 Å². The second kappa shape index (κ2) is 10.9. The van der Waals surface area contributed by atoms with E-state index in [1.54, 1.807) is 25.3 Å². The first kappa shape index (κ1) is 20.2. The molecule has 1 heterocycles. The summed E-state index contributed by atoms with van der Waals surface area (Å²) in [5.74, 6) is 1.38. The van der Waals surface area contributed by atoms with Crippen LogP contribution in [0, 0.1) is 12.7 Å². The molecular formula is C18H23FIN3O. The summed E-state index contributed by atoms with van der Waals surface area (Å²) in [6, 6.07) is 8.97. The Morgan fingerprint density at radius 3 is 2.83 bits per heavy atom. The van der Waals surface area contributed by atoms with E-state index in [0.29, 0.717) is 31.2 Å². The van der Waals surface area contributed by atoms with Gasteiger partial charge in [0, 0.05) is 19.5 Å². The minimum absolute atomic E-state index is 0. The van der Waals surface area contributed by atoms with Crippen molar-refractivity contribution in [1.82, 2.24) is 10.6 Å². The van der Waals surface area contributed by atoms with Gasteiger partial charge in [0.25, 0.3) is 0 Å². The second-order valence-electron chi connectivity index (χ2n) is 5.17. The highest BCUT2D eigenvalue weighted by Gasteiger charge is 2.02. The Morgan fingerprint density at radius 2 is 2.17 bits per heavy atom. The molecule has 0 unspecified atom stereocenters. The Hall–Kier alpha value is -1.83. The smallest absolute Gasteiger partial charge is 0.191 e. The fourth-order valence-electron chi connectivity index (χ4n) is 2.01. The molecule has 0 amide bonds. The average molecular weight is 443 g/mol. The normalized spacial score (nSPS) is 10.8. The Labute approximate surface area is 159 Å². The van der Waals surface area contributed by atoms with E-state index in [1.165, 1.54) is 6.07 Å². The fourth-order valence-corrected chi connectivity index (χ4v) is 2.01. The summed E-state index contributed by atoms with van der Waals surface area (Å²) in [6.45, 7) is 7.14. The maximum atomic E-state index is 13.6. The van der Waals surface area contributed by atoms with E-state index < -0.39 is 0 Å². The van der Waals surface area contributed by atoms with Gasteiger partial charge < -0.3 is 15.1 Å². The molecule has 24 heavy (non-hydrogen) atoms. The summed E-state index contributed by atoms with van der Waals surface area (Å²) in [5, 5.41) is 6.37. The molecule has 4 nitrogen and oxygen atoms in total. The van der Waals surface area contributed by atoms with Crippen LogP contribution in [0.4, 0.5) is 4.39 Å². The summed E-state index contributed by atoms with van der Waals surface area (Å²) in [6.07, 6.45) is 4.18. The van der Waals surface area contributed by atoms with E-state index in [-0.39, 0.29) is 29.8 Å². The summed E-state index contributed by atoms with van der Waals surface area (Å²) in [4.78, 5) is 4.47. The first-order valence-electron chi connectivity index (χ1n) is 7.59. The van der Waals surface area contributed by atoms with Crippen molar-refractivity contribution in [2.24, 2.45) is 4.99 Å². The fraction of sp³-hybridized carbons (Fsp3) is 0.278. The first-order chi connectivity index (χ1) is 11.2. The van der Waals surface area contributed by atoms with E-state index >= 15 is 0 Å². The molecule has 0 bridgehead atoms. The van der Waals surface area contributed by atoms with Crippen LogP contribution in [0.3, 0.4) is 0 Å². The van der Waals surface area contributed by atoms with Gasteiger partial charge in [0.2, 0.25) is 0 Å². The van der Waals surface area contributed by atoms with Crippen LogP contribution >= 0.6 is 24.0 Å². The molecule has 0 aliphatic heterocycles. The van der Waals surface area contributed by atoms with Gasteiger partial charge in [0.1, 0.15) is 11.6 Å². The van der Waals surface area contributed by atoms with Crippen molar-refractivity contribution in [2.45, 2.75) is 19.9 Å². The minimum Gasteiger partial charge on any atom is -0.469 e. The van der Waals surface area contributed by atoms with Crippen molar-refractivity contribution in [3.05, 3.63) is 72.0 Å². The van der Waals surface area contributed by atoms with Gasteiger partial charge >= 0.3 is 0 Å². The zero-order valence-corrected chi connectivity index (χ0v) is 16.0. The molecule has 0 fully saturated rings. The molecule has 130 valence electrons. The number of nitrogens with one attached hydrogen (secondary N) is 2. The topological polar surface area (TPSA) is 49.6 Å². The predicted octanol–water partition coefficient (Wildman–Crippen LogP) is 3.81. The van der Waals surface area contributed by atoms with Crippen molar-refractivity contribution in [3.63, 3.8) is 0 Å². The lowest BCUT2D eigenvalue weighted by molar-refractivity contribution is 0.507. The third-order valence-corrected chi connectivity index (χ3v) is 3.31. The monoisotopic (exact) mass is 443 g/mol. The van der Waals surface area contributed by atoms with Gasteiger partial charge in [0.05, 0.1) is 12.8 Å². The molecule has 2 N–H and O–H groups in total. The predicted molar refractivity (Wildman–Crippen MR) is 106 cm³/mol. The molecule has 0 saturated carbocycles. The molecule has 0 spiro atoms. The quantitative estimate of drug-likeness (QED) is 0.296. The number of halogens is 2. The number of nitrogens with zero attached hydrogens (tertiary/aromatic N) is 1. The van der Waals surface area contributed by atoms with Gasteiger partial charge in [-0.15, -0.1) is 30.6 Å². The SMILES string of the molecule is C=CCNC(=NCc1ccc(C)c(F)c1)NCCc1ccco1.I. The first-order valence-corrected chi connectivity index (χ1v) is 7.59. The van der Waals surface area contributed by atoms with E-state index in [0.717, 1.165) is 17.7 Å². The van der Waals surface area contributed by atoms with Crippen molar-refractivity contribution in [3.8, 4) is 0 Å². The van der Waals surface area contributed by atoms with Crippen LogP contribution in [0.1, 0.15) is 16.9 Å². The van der Waals surface area contributed by atoms with Crippen LogP contribution in [-0.2, 0) is 13.0 Å². The molecule has 2 rings (SSSR count). The van der Waals surface area contributed by atoms with E-state index in [4.69, 9.17) is 4.42 Å². The van der Waals surface area contributed by atoms with Crippen molar-refractivity contribution in [2.75, 3.05) is 13.1 Å². The largest absolute Gasteiger partial charge is 0.469 e. The van der Waals surface area contributed by atoms with Gasteiger partial charge in [-0.2, -0.15) is 0 Å². The second-order valence-corrected chi connectivity index (χ2v) is 5.17. The van der Waals surface area contributed by atoms with E-state index in [1.807, 2.05) is 18.2 Å². The van der Waals surface area contributed by atoms with Gasteiger partial charge in [0.15, 0.2) is 5.96 Å². The maximum absolute atomic E-state index is 13.6. The van der Waals surface area contributed by atoms with Gasteiger partial charge in [-0.3, -0.25) is 0 Å². The Bertz CT molecular complexity index is 656. The van der Waals surface area contributed by atoms with E-state index in [9.17, 15) is 4.39 Å². The molecule has 0 atom stereocenters. The highest BCUT2D eigenvalue weighted by Crippen LogP contribution is 2.10. The minimum atomic E-state index is -0.205. The van der Waals surface area contributed by atoms with Crippen LogP contribution in [0.2, 0.25) is 0 Å². The molecule has 1 aromatic carbocycles. The molecule has 0 aliphatic carbocycles. The van der Waals surface area contributed by atoms with Crippen molar-refractivity contribution >= 4 is 29.9 Å². The van der Waals surface area contributed by atoms with Crippen molar-refractivity contribution in [1.29, 1.82) is 0 Å². The molecule has 6 heteroatoms. The van der Waals surface area contributed by atoms with Crippen molar-refractivity contribution < 1.29 is 8.81 Å². The number of rotatable bonds is 7. The number of benzene rings is 1. The third kappa shape index (κ3) is 6.74. The van der Waals surface area contributed by atoms with Gasteiger partial charge in [-0.1, -0.05) is 18.2 Å². The zero-order chi connectivity index (χ0) is 16.5. The lowest BCUT2D eigenvalue weighted by Crippen LogP contribution is -2.38. The lowest BCUT2D eigenvalue weighted by Gasteiger charge is -2.11. The van der Waals surface area contributed by atoms with Crippen LogP contribution in [0.25, 0.3) is 0 Å². The summed E-state index contributed by atoms with van der Waals surface area (Å²) >= 11 is 0. The maximum Gasteiger partial charge on any atom is 0.191 e. The molecule has 0 saturated heterocycles. The molecule has 0 radical (unpaired) electrons. The number of aryl methyl sites for hydroxylation is 1. The lowest BCUT2D eigenvalue weighted by atomic mass is 10.1. The van der Waals surface area contributed by atoms with Gasteiger partial charge in [-0.25, -0.2) is 9.38 Å². The number of hydrogen-bond donors (Lipinski definition) is 2. The highest BCUT2D eigenvalue weighted by atomic mass is 127. The summed E-state index contributed by atoms with van der Waals surface area (Å²) < 4.78 is 18.9. The Morgan fingerprint density at radius 1 is 1.33 bits per heavy atom. The number of aliphatic imine (C=N–C) groups is 1. The van der Waals surface area contributed by atoms with Crippen LogP contribution in [0.15, 0.2) is 58.7 Å².